The molecule has 0 saturated carbocycles. The van der Waals surface area contributed by atoms with Crippen molar-refractivity contribution in [2.75, 3.05) is 25.0 Å². The van der Waals surface area contributed by atoms with Crippen LogP contribution in [-0.2, 0) is 0 Å². The van der Waals surface area contributed by atoms with Crippen LogP contribution in [0.25, 0.3) is 0 Å². The van der Waals surface area contributed by atoms with Crippen molar-refractivity contribution < 1.29 is 4.39 Å². The molecule has 3 heteroatoms. The molecule has 18 heavy (non-hydrogen) atoms. The van der Waals surface area contributed by atoms with Gasteiger partial charge in [0.05, 0.1) is 6.54 Å². The Balaban J connectivity index is 1.90. The molecule has 0 amide bonds. The predicted octanol–water partition coefficient (Wildman–Crippen LogP) is 2.64. The summed E-state index contributed by atoms with van der Waals surface area (Å²) in [6.07, 6.45) is 7.47. The van der Waals surface area contributed by atoms with E-state index in [9.17, 15) is 4.39 Å². The van der Waals surface area contributed by atoms with Gasteiger partial charge in [-0.1, -0.05) is 5.92 Å². The molecular weight excluding hydrogens is 227 g/mol. The molecule has 2 nitrogen and oxygen atoms in total. The summed E-state index contributed by atoms with van der Waals surface area (Å²) in [6, 6.07) is 5.35. The summed E-state index contributed by atoms with van der Waals surface area (Å²) in [4.78, 5) is 2.29. The Bertz CT molecular complexity index is 442. The Morgan fingerprint density at radius 3 is 2.78 bits per heavy atom. The van der Waals surface area contributed by atoms with Crippen LogP contribution >= 0.6 is 0 Å². The van der Waals surface area contributed by atoms with Gasteiger partial charge in [-0.3, -0.25) is 4.90 Å². The molecule has 1 aliphatic rings. The molecule has 0 spiro atoms. The van der Waals surface area contributed by atoms with E-state index < -0.39 is 0 Å². The Hall–Kier alpha value is -1.53. The van der Waals surface area contributed by atoms with Gasteiger partial charge in [0.15, 0.2) is 0 Å². The highest BCUT2D eigenvalue weighted by Gasteiger charge is 2.18. The first-order valence-electron chi connectivity index (χ1n) is 6.37. The third-order valence-corrected chi connectivity index (χ3v) is 3.45. The van der Waals surface area contributed by atoms with Crippen LogP contribution in [0.1, 0.15) is 18.4 Å². The maximum atomic E-state index is 13.0. The number of likely N-dealkylation sites (tertiary alicyclic amines) is 1. The van der Waals surface area contributed by atoms with E-state index in [0.717, 1.165) is 43.7 Å². The molecular formula is C15H19FN2. The minimum absolute atomic E-state index is 0.179. The fraction of sp³-hybridized carbons (Fsp3) is 0.467. The number of piperidine rings is 1. The van der Waals surface area contributed by atoms with Gasteiger partial charge in [0.2, 0.25) is 0 Å². The second-order valence-electron chi connectivity index (χ2n) is 4.86. The number of nitrogens with one attached hydrogen (secondary N) is 1. The van der Waals surface area contributed by atoms with Gasteiger partial charge in [0, 0.05) is 24.8 Å². The van der Waals surface area contributed by atoms with Crippen LogP contribution in [0, 0.1) is 25.1 Å². The van der Waals surface area contributed by atoms with Crippen molar-refractivity contribution in [3.05, 3.63) is 29.6 Å². The Morgan fingerprint density at radius 1 is 1.44 bits per heavy atom. The summed E-state index contributed by atoms with van der Waals surface area (Å²) < 4.78 is 13.0. The lowest BCUT2D eigenvalue weighted by Gasteiger charge is -2.32. The smallest absolute Gasteiger partial charge is 0.123 e. The summed E-state index contributed by atoms with van der Waals surface area (Å²) >= 11 is 0. The van der Waals surface area contributed by atoms with Crippen molar-refractivity contribution in [3.8, 4) is 12.3 Å². The molecule has 0 unspecified atom stereocenters. The number of hydrogen-bond acceptors (Lipinski definition) is 2. The lowest BCUT2D eigenvalue weighted by molar-refractivity contribution is 0.243. The molecule has 1 fully saturated rings. The van der Waals surface area contributed by atoms with Crippen LogP contribution in [0.4, 0.5) is 10.1 Å². The van der Waals surface area contributed by atoms with Crippen molar-refractivity contribution in [1.29, 1.82) is 0 Å². The number of nitrogens with zero attached hydrogens (tertiary/aromatic N) is 1. The second kappa shape index (κ2) is 5.88. The Morgan fingerprint density at radius 2 is 2.17 bits per heavy atom. The zero-order valence-electron chi connectivity index (χ0n) is 10.7. The quantitative estimate of drug-likeness (QED) is 0.825. The summed E-state index contributed by atoms with van der Waals surface area (Å²) in [5.74, 6) is 2.50. The highest BCUT2D eigenvalue weighted by atomic mass is 19.1. The summed E-state index contributed by atoms with van der Waals surface area (Å²) in [7, 11) is 0. The average molecular weight is 246 g/mol. The van der Waals surface area contributed by atoms with Crippen molar-refractivity contribution in [2.45, 2.75) is 25.8 Å². The minimum Gasteiger partial charge on any atom is -0.382 e. The summed E-state index contributed by atoms with van der Waals surface area (Å²) in [5.41, 5.74) is 1.99. The molecule has 0 atom stereocenters. The van der Waals surface area contributed by atoms with Crippen LogP contribution in [0.5, 0.6) is 0 Å². The van der Waals surface area contributed by atoms with Crippen LogP contribution < -0.4 is 5.32 Å². The van der Waals surface area contributed by atoms with E-state index in [1.807, 2.05) is 13.0 Å². The lowest BCUT2D eigenvalue weighted by atomic mass is 10.0. The molecule has 1 saturated heterocycles. The summed E-state index contributed by atoms with van der Waals surface area (Å²) in [5, 5.41) is 3.49. The molecule has 1 heterocycles. The third kappa shape index (κ3) is 3.24. The fourth-order valence-corrected chi connectivity index (χ4v) is 2.37. The second-order valence-corrected chi connectivity index (χ2v) is 4.86. The molecule has 2 rings (SSSR count). The van der Waals surface area contributed by atoms with Crippen LogP contribution in [0.2, 0.25) is 0 Å². The first kappa shape index (κ1) is 12.9. The normalized spacial score (nSPS) is 17.4. The van der Waals surface area contributed by atoms with Crippen molar-refractivity contribution in [2.24, 2.45) is 0 Å². The molecule has 1 aliphatic heterocycles. The maximum absolute atomic E-state index is 13.0. The van der Waals surface area contributed by atoms with E-state index in [-0.39, 0.29) is 5.82 Å². The first-order valence-corrected chi connectivity index (χ1v) is 6.37. The van der Waals surface area contributed by atoms with E-state index >= 15 is 0 Å². The Labute approximate surface area is 108 Å². The third-order valence-electron chi connectivity index (χ3n) is 3.45. The van der Waals surface area contributed by atoms with Gasteiger partial charge in [-0.15, -0.1) is 6.42 Å². The molecule has 0 bridgehead atoms. The van der Waals surface area contributed by atoms with Crippen LogP contribution in [0.3, 0.4) is 0 Å². The largest absolute Gasteiger partial charge is 0.382 e. The van der Waals surface area contributed by atoms with Crippen LogP contribution in [-0.4, -0.2) is 30.6 Å². The van der Waals surface area contributed by atoms with Crippen LogP contribution in [0.15, 0.2) is 18.2 Å². The monoisotopic (exact) mass is 246 g/mol. The van der Waals surface area contributed by atoms with Gasteiger partial charge in [0.25, 0.3) is 0 Å². The molecule has 1 aromatic carbocycles. The average Bonchev–Trinajstić information content (AvgIpc) is 2.35. The minimum atomic E-state index is -0.179. The lowest BCUT2D eigenvalue weighted by Crippen LogP contribution is -2.39. The maximum Gasteiger partial charge on any atom is 0.123 e. The van der Waals surface area contributed by atoms with Gasteiger partial charge < -0.3 is 5.32 Å². The number of benzene rings is 1. The molecule has 1 aromatic rings. The van der Waals surface area contributed by atoms with E-state index in [0.29, 0.717) is 6.04 Å². The number of anilines is 1. The number of rotatable bonds is 3. The van der Waals surface area contributed by atoms with Gasteiger partial charge in [-0.2, -0.15) is 0 Å². The summed E-state index contributed by atoms with van der Waals surface area (Å²) in [6.45, 7) is 4.73. The van der Waals surface area contributed by atoms with Crippen molar-refractivity contribution >= 4 is 5.69 Å². The highest BCUT2D eigenvalue weighted by molar-refractivity contribution is 5.51. The number of halogens is 1. The van der Waals surface area contributed by atoms with E-state index in [4.69, 9.17) is 6.42 Å². The van der Waals surface area contributed by atoms with Crippen molar-refractivity contribution in [1.82, 2.24) is 4.90 Å². The number of terminal acetylenes is 1. The molecule has 0 aliphatic carbocycles. The zero-order valence-corrected chi connectivity index (χ0v) is 10.7. The standard InChI is InChI=1S/C15H19FN2/c1-3-8-18-9-6-14(7-10-18)17-15-5-4-13(16)11-12(15)2/h1,4-5,11,14,17H,6-10H2,2H3. The Kier molecular flexibility index (Phi) is 4.22. The molecule has 96 valence electrons. The predicted molar refractivity (Wildman–Crippen MR) is 73.1 cm³/mol. The van der Waals surface area contributed by atoms with E-state index in [1.165, 1.54) is 6.07 Å². The van der Waals surface area contributed by atoms with Gasteiger partial charge in [-0.05, 0) is 43.5 Å². The van der Waals surface area contributed by atoms with E-state index in [1.54, 1.807) is 6.07 Å². The number of hydrogen-bond donors (Lipinski definition) is 1. The van der Waals surface area contributed by atoms with Gasteiger partial charge >= 0.3 is 0 Å². The van der Waals surface area contributed by atoms with Crippen molar-refractivity contribution in [3.63, 3.8) is 0 Å². The topological polar surface area (TPSA) is 15.3 Å². The molecule has 1 N–H and O–H groups in total. The zero-order chi connectivity index (χ0) is 13.0. The van der Waals surface area contributed by atoms with Gasteiger partial charge in [-0.25, -0.2) is 4.39 Å². The molecule has 0 aromatic heterocycles. The number of aryl methyl sites for hydroxylation is 1. The van der Waals surface area contributed by atoms with E-state index in [2.05, 4.69) is 16.1 Å². The highest BCUT2D eigenvalue weighted by Crippen LogP contribution is 2.20. The first-order chi connectivity index (χ1) is 8.69. The molecule has 0 radical (unpaired) electrons. The van der Waals surface area contributed by atoms with Gasteiger partial charge in [0.1, 0.15) is 5.82 Å². The SMILES string of the molecule is C#CCN1CCC(Nc2ccc(F)cc2C)CC1. The fourth-order valence-electron chi connectivity index (χ4n) is 2.37.